The van der Waals surface area contributed by atoms with Crippen molar-refractivity contribution in [2.45, 2.75) is 12.8 Å². The molecule has 0 saturated carbocycles. The number of hydrogen-bond donors (Lipinski definition) is 0. The van der Waals surface area contributed by atoms with Crippen LogP contribution in [0.5, 0.6) is 5.75 Å². The Morgan fingerprint density at radius 1 is 1.17 bits per heavy atom. The number of nitrogens with zero attached hydrogens (tertiary/aromatic N) is 1. The molecule has 1 fully saturated rings. The number of methoxy groups -OCH3 is 1. The summed E-state index contributed by atoms with van der Waals surface area (Å²) in [7, 11) is 1.60. The third-order valence-corrected chi connectivity index (χ3v) is 4.20. The lowest BCUT2D eigenvalue weighted by Crippen LogP contribution is -2.30. The average Bonchev–Trinajstić information content (AvgIpc) is 2.82. The highest BCUT2D eigenvalue weighted by Gasteiger charge is 2.39. The first-order valence-electron chi connectivity index (χ1n) is 7.34. The van der Waals surface area contributed by atoms with Gasteiger partial charge in [-0.1, -0.05) is 35.9 Å². The number of carbonyl (C=O) groups is 2. The van der Waals surface area contributed by atoms with E-state index in [0.717, 1.165) is 11.3 Å². The minimum atomic E-state index is -0.377. The van der Waals surface area contributed by atoms with Gasteiger partial charge in [-0.15, -0.1) is 0 Å². The van der Waals surface area contributed by atoms with E-state index in [-0.39, 0.29) is 24.2 Å². The molecule has 1 aliphatic heterocycles. The molecule has 0 aliphatic carbocycles. The van der Waals surface area contributed by atoms with Crippen LogP contribution >= 0.6 is 11.6 Å². The molecule has 1 unspecified atom stereocenters. The Kier molecular flexibility index (Phi) is 4.35. The van der Waals surface area contributed by atoms with Gasteiger partial charge in [0.15, 0.2) is 0 Å². The molecule has 1 saturated heterocycles. The number of carbonyl (C=O) groups excluding carboxylic acids is 2. The molecule has 0 spiro atoms. The number of rotatable bonds is 4. The molecule has 0 radical (unpaired) electrons. The van der Waals surface area contributed by atoms with E-state index >= 15 is 0 Å². The zero-order chi connectivity index (χ0) is 16.4. The minimum Gasteiger partial charge on any atom is -0.496 e. The summed E-state index contributed by atoms with van der Waals surface area (Å²) in [6.45, 7) is 0. The van der Waals surface area contributed by atoms with E-state index < -0.39 is 0 Å². The molecule has 1 atom stereocenters. The number of para-hydroxylation sites is 1. The van der Waals surface area contributed by atoms with Gasteiger partial charge >= 0.3 is 0 Å². The summed E-state index contributed by atoms with van der Waals surface area (Å²) >= 11 is 5.96. The van der Waals surface area contributed by atoms with Crippen molar-refractivity contribution in [1.82, 2.24) is 0 Å². The number of imide groups is 1. The van der Waals surface area contributed by atoms with Crippen LogP contribution in [0.15, 0.2) is 48.5 Å². The van der Waals surface area contributed by atoms with Crippen molar-refractivity contribution in [1.29, 1.82) is 0 Å². The van der Waals surface area contributed by atoms with Crippen molar-refractivity contribution in [3.8, 4) is 5.75 Å². The first-order valence-corrected chi connectivity index (χ1v) is 7.72. The van der Waals surface area contributed by atoms with Gasteiger partial charge in [-0.2, -0.15) is 0 Å². The first kappa shape index (κ1) is 15.6. The summed E-state index contributed by atoms with van der Waals surface area (Å²) in [5.74, 6) is -0.0351. The lowest BCUT2D eigenvalue weighted by atomic mass is 9.97. The Balaban J connectivity index is 1.84. The molecule has 2 aromatic carbocycles. The predicted molar refractivity (Wildman–Crippen MR) is 88.8 cm³/mol. The van der Waals surface area contributed by atoms with Crippen LogP contribution in [0.3, 0.4) is 0 Å². The van der Waals surface area contributed by atoms with E-state index in [1.54, 1.807) is 31.4 Å². The third-order valence-electron chi connectivity index (χ3n) is 3.97. The molecular formula is C18H16ClNO3. The molecule has 1 heterocycles. The maximum atomic E-state index is 12.7. The fraction of sp³-hybridized carbons (Fsp3) is 0.222. The maximum absolute atomic E-state index is 12.7. The summed E-state index contributed by atoms with van der Waals surface area (Å²) in [6.07, 6.45) is 0.676. The monoisotopic (exact) mass is 329 g/mol. The second kappa shape index (κ2) is 6.42. The van der Waals surface area contributed by atoms with Gasteiger partial charge in [0.25, 0.3) is 0 Å². The first-order chi connectivity index (χ1) is 11.1. The Morgan fingerprint density at radius 2 is 1.96 bits per heavy atom. The van der Waals surface area contributed by atoms with Crippen molar-refractivity contribution in [2.75, 3.05) is 12.0 Å². The van der Waals surface area contributed by atoms with Gasteiger partial charge in [0, 0.05) is 11.4 Å². The van der Waals surface area contributed by atoms with E-state index in [1.165, 1.54) is 4.90 Å². The molecular weight excluding hydrogens is 314 g/mol. The highest BCUT2D eigenvalue weighted by atomic mass is 35.5. The number of hydrogen-bond acceptors (Lipinski definition) is 3. The van der Waals surface area contributed by atoms with Crippen LogP contribution in [0.4, 0.5) is 5.69 Å². The maximum Gasteiger partial charge on any atom is 0.237 e. The third kappa shape index (κ3) is 3.08. The average molecular weight is 330 g/mol. The normalized spacial score (nSPS) is 17.7. The van der Waals surface area contributed by atoms with Gasteiger partial charge in [0.2, 0.25) is 11.8 Å². The van der Waals surface area contributed by atoms with E-state index in [2.05, 4.69) is 0 Å². The summed E-state index contributed by atoms with van der Waals surface area (Å²) < 4.78 is 5.32. The van der Waals surface area contributed by atoms with Gasteiger partial charge in [-0.25, -0.2) is 0 Å². The summed E-state index contributed by atoms with van der Waals surface area (Å²) in [5.41, 5.74) is 1.45. The van der Waals surface area contributed by atoms with Crippen LogP contribution in [0.2, 0.25) is 5.02 Å². The van der Waals surface area contributed by atoms with Gasteiger partial charge in [-0.3, -0.25) is 14.5 Å². The molecule has 2 amide bonds. The quantitative estimate of drug-likeness (QED) is 0.807. The topological polar surface area (TPSA) is 46.6 Å². The zero-order valence-electron chi connectivity index (χ0n) is 12.7. The van der Waals surface area contributed by atoms with Crippen LogP contribution in [0, 0.1) is 5.92 Å². The molecule has 23 heavy (non-hydrogen) atoms. The highest BCUT2D eigenvalue weighted by Crippen LogP contribution is 2.31. The number of halogens is 1. The standard InChI is InChI=1S/C18H16ClNO3/c1-23-16-8-3-2-5-12(16)9-13-10-17(21)20(18(13)22)15-7-4-6-14(19)11-15/h2-8,11,13H,9-10H2,1H3. The van der Waals surface area contributed by atoms with E-state index in [0.29, 0.717) is 17.1 Å². The molecule has 0 bridgehead atoms. The van der Waals surface area contributed by atoms with E-state index in [9.17, 15) is 9.59 Å². The smallest absolute Gasteiger partial charge is 0.237 e. The van der Waals surface area contributed by atoms with Crippen molar-refractivity contribution < 1.29 is 14.3 Å². The summed E-state index contributed by atoms with van der Waals surface area (Å²) in [5, 5.41) is 0.497. The van der Waals surface area contributed by atoms with E-state index in [4.69, 9.17) is 16.3 Å². The van der Waals surface area contributed by atoms with Crippen LogP contribution in [0.1, 0.15) is 12.0 Å². The Morgan fingerprint density at radius 3 is 2.70 bits per heavy atom. The number of benzene rings is 2. The minimum absolute atomic E-state index is 0.192. The van der Waals surface area contributed by atoms with Crippen molar-refractivity contribution in [2.24, 2.45) is 5.92 Å². The predicted octanol–water partition coefficient (Wildman–Crippen LogP) is 3.47. The second-order valence-electron chi connectivity index (χ2n) is 5.46. The SMILES string of the molecule is COc1ccccc1CC1CC(=O)N(c2cccc(Cl)c2)C1=O. The molecule has 118 valence electrons. The lowest BCUT2D eigenvalue weighted by Gasteiger charge is -2.16. The lowest BCUT2D eigenvalue weighted by molar-refractivity contribution is -0.122. The molecule has 3 rings (SSSR count). The van der Waals surface area contributed by atoms with Gasteiger partial charge in [0.1, 0.15) is 5.75 Å². The van der Waals surface area contributed by atoms with Crippen LogP contribution in [-0.4, -0.2) is 18.9 Å². The highest BCUT2D eigenvalue weighted by molar-refractivity contribution is 6.31. The molecule has 4 nitrogen and oxygen atoms in total. The fourth-order valence-electron chi connectivity index (χ4n) is 2.88. The fourth-order valence-corrected chi connectivity index (χ4v) is 3.06. The number of anilines is 1. The van der Waals surface area contributed by atoms with Crippen LogP contribution in [-0.2, 0) is 16.0 Å². The second-order valence-corrected chi connectivity index (χ2v) is 5.90. The van der Waals surface area contributed by atoms with Gasteiger partial charge in [0.05, 0.1) is 18.7 Å². The Bertz CT molecular complexity index is 759. The van der Waals surface area contributed by atoms with E-state index in [1.807, 2.05) is 24.3 Å². The van der Waals surface area contributed by atoms with Gasteiger partial charge < -0.3 is 4.74 Å². The van der Waals surface area contributed by atoms with Crippen molar-refractivity contribution in [3.63, 3.8) is 0 Å². The largest absolute Gasteiger partial charge is 0.496 e. The van der Waals surface area contributed by atoms with Gasteiger partial charge in [-0.05, 0) is 36.2 Å². The summed E-state index contributed by atoms with van der Waals surface area (Å²) in [4.78, 5) is 26.2. The molecule has 1 aliphatic rings. The zero-order valence-corrected chi connectivity index (χ0v) is 13.4. The Hall–Kier alpha value is -2.33. The van der Waals surface area contributed by atoms with Crippen molar-refractivity contribution in [3.05, 3.63) is 59.1 Å². The Labute approximate surface area is 139 Å². The molecule has 0 N–H and O–H groups in total. The molecule has 5 heteroatoms. The number of amides is 2. The molecule has 0 aromatic heterocycles. The van der Waals surface area contributed by atoms with Crippen LogP contribution in [0.25, 0.3) is 0 Å². The summed E-state index contributed by atoms with van der Waals surface area (Å²) in [6, 6.07) is 14.3. The molecule has 2 aromatic rings. The number of ether oxygens (including phenoxy) is 1. The van der Waals surface area contributed by atoms with Crippen LogP contribution < -0.4 is 9.64 Å². The van der Waals surface area contributed by atoms with Crippen molar-refractivity contribution >= 4 is 29.1 Å².